The van der Waals surface area contributed by atoms with Gasteiger partial charge in [-0.3, -0.25) is 0 Å². The number of nitriles is 1. The fraction of sp³-hybridized carbons (Fsp3) is 0.357. The van der Waals surface area contributed by atoms with Gasteiger partial charge in [0.15, 0.2) is 5.69 Å². The number of aromatic amines is 1. The summed E-state index contributed by atoms with van der Waals surface area (Å²) in [5.41, 5.74) is 3.19. The number of anilines is 1. The average Bonchev–Trinajstić information content (AvgIpc) is 2.97. The highest BCUT2D eigenvalue weighted by Crippen LogP contribution is 2.24. The minimum Gasteiger partial charge on any atom is -0.372 e. The van der Waals surface area contributed by atoms with Gasteiger partial charge in [0, 0.05) is 24.3 Å². The Morgan fingerprint density at radius 3 is 2.53 bits per heavy atom. The van der Waals surface area contributed by atoms with E-state index in [0.717, 1.165) is 18.7 Å². The third kappa shape index (κ3) is 2.29. The van der Waals surface area contributed by atoms with Crippen LogP contribution in [0.3, 0.4) is 0 Å². The van der Waals surface area contributed by atoms with Crippen LogP contribution in [0.2, 0.25) is 0 Å². The van der Waals surface area contributed by atoms with Gasteiger partial charge in [-0.1, -0.05) is 17.3 Å². The quantitative estimate of drug-likeness (QED) is 0.891. The Hall–Kier alpha value is -2.35. The molecule has 5 heteroatoms. The van der Waals surface area contributed by atoms with Gasteiger partial charge in [-0.2, -0.15) is 5.26 Å². The average molecular weight is 253 g/mol. The molecular weight excluding hydrogens is 238 g/mol. The van der Waals surface area contributed by atoms with E-state index < -0.39 is 0 Å². The lowest BCUT2D eigenvalue weighted by molar-refractivity contribution is 0.578. The van der Waals surface area contributed by atoms with Crippen LogP contribution in [0.25, 0.3) is 11.3 Å². The van der Waals surface area contributed by atoms with E-state index in [9.17, 15) is 0 Å². The predicted octanol–water partition coefficient (Wildman–Crippen LogP) is 2.33. The SMILES string of the molecule is N#Cc1[nH]nnc1-c1ccc(N2CCCCC2)cc1. The summed E-state index contributed by atoms with van der Waals surface area (Å²) in [5.74, 6) is 0. The second kappa shape index (κ2) is 5.11. The molecule has 0 spiro atoms. The third-order valence-corrected chi connectivity index (χ3v) is 3.52. The molecule has 1 aliphatic rings. The lowest BCUT2D eigenvalue weighted by Gasteiger charge is -2.28. The number of benzene rings is 1. The highest BCUT2D eigenvalue weighted by Gasteiger charge is 2.12. The summed E-state index contributed by atoms with van der Waals surface area (Å²) in [6, 6.07) is 10.3. The maximum atomic E-state index is 8.96. The summed E-state index contributed by atoms with van der Waals surface area (Å²) < 4.78 is 0. The van der Waals surface area contributed by atoms with Gasteiger partial charge in [0.1, 0.15) is 11.8 Å². The van der Waals surface area contributed by atoms with E-state index in [-0.39, 0.29) is 0 Å². The summed E-state index contributed by atoms with van der Waals surface area (Å²) >= 11 is 0. The number of hydrogen-bond acceptors (Lipinski definition) is 4. The molecule has 2 aromatic rings. The molecule has 96 valence electrons. The number of nitrogens with one attached hydrogen (secondary N) is 1. The van der Waals surface area contributed by atoms with Crippen LogP contribution in [0.15, 0.2) is 24.3 Å². The molecule has 0 aliphatic carbocycles. The van der Waals surface area contributed by atoms with Crippen molar-refractivity contribution in [3.05, 3.63) is 30.0 Å². The van der Waals surface area contributed by atoms with Gasteiger partial charge in [-0.15, -0.1) is 5.10 Å². The van der Waals surface area contributed by atoms with Crippen LogP contribution >= 0.6 is 0 Å². The molecule has 3 rings (SSSR count). The Labute approximate surface area is 111 Å². The van der Waals surface area contributed by atoms with Gasteiger partial charge in [0.2, 0.25) is 0 Å². The van der Waals surface area contributed by atoms with Gasteiger partial charge < -0.3 is 4.90 Å². The van der Waals surface area contributed by atoms with Crippen molar-refractivity contribution in [1.29, 1.82) is 5.26 Å². The molecule has 0 atom stereocenters. The third-order valence-electron chi connectivity index (χ3n) is 3.52. The topological polar surface area (TPSA) is 68.6 Å². The lowest BCUT2D eigenvalue weighted by atomic mass is 10.1. The molecular formula is C14H15N5. The Bertz CT molecular complexity index is 587. The number of aromatic nitrogens is 3. The standard InChI is InChI=1S/C14H15N5/c15-10-13-14(17-18-16-13)11-4-6-12(7-5-11)19-8-2-1-3-9-19/h4-7H,1-3,8-9H2,(H,16,17,18). The van der Waals surface area contributed by atoms with E-state index in [2.05, 4.69) is 38.5 Å². The maximum absolute atomic E-state index is 8.96. The number of nitrogens with zero attached hydrogens (tertiary/aromatic N) is 4. The molecule has 0 unspecified atom stereocenters. The molecule has 1 aliphatic heterocycles. The maximum Gasteiger partial charge on any atom is 0.163 e. The summed E-state index contributed by atoms with van der Waals surface area (Å²) in [6.07, 6.45) is 3.87. The van der Waals surface area contributed by atoms with Gasteiger partial charge in [-0.25, -0.2) is 5.10 Å². The molecule has 1 aromatic carbocycles. The normalized spacial score (nSPS) is 15.2. The highest BCUT2D eigenvalue weighted by atomic mass is 15.3. The zero-order valence-electron chi connectivity index (χ0n) is 10.6. The largest absolute Gasteiger partial charge is 0.372 e. The van der Waals surface area contributed by atoms with E-state index in [4.69, 9.17) is 5.26 Å². The van der Waals surface area contributed by atoms with E-state index in [1.54, 1.807) is 0 Å². The lowest BCUT2D eigenvalue weighted by Crippen LogP contribution is -2.29. The smallest absolute Gasteiger partial charge is 0.163 e. The van der Waals surface area contributed by atoms with Crippen LogP contribution in [0.5, 0.6) is 0 Å². The summed E-state index contributed by atoms with van der Waals surface area (Å²) in [6.45, 7) is 2.26. The van der Waals surface area contributed by atoms with Crippen LogP contribution in [0.1, 0.15) is 25.0 Å². The van der Waals surface area contributed by atoms with E-state index >= 15 is 0 Å². The van der Waals surface area contributed by atoms with E-state index in [1.165, 1.54) is 24.9 Å². The second-order valence-corrected chi connectivity index (χ2v) is 4.74. The summed E-state index contributed by atoms with van der Waals surface area (Å²) in [5, 5.41) is 19.2. The van der Waals surface area contributed by atoms with Crippen molar-refractivity contribution in [3.63, 3.8) is 0 Å². The first-order valence-electron chi connectivity index (χ1n) is 6.55. The molecule has 0 bridgehead atoms. The fourth-order valence-electron chi connectivity index (χ4n) is 2.49. The number of piperidine rings is 1. The molecule has 0 amide bonds. The summed E-state index contributed by atoms with van der Waals surface area (Å²) in [4.78, 5) is 2.40. The van der Waals surface area contributed by atoms with Crippen molar-refractivity contribution in [2.45, 2.75) is 19.3 Å². The van der Waals surface area contributed by atoms with Crippen molar-refractivity contribution in [2.24, 2.45) is 0 Å². The molecule has 1 aromatic heterocycles. The first-order chi connectivity index (χ1) is 9.38. The minimum atomic E-state index is 0.408. The van der Waals surface area contributed by atoms with Crippen LogP contribution in [0, 0.1) is 11.3 Å². The Kier molecular flexibility index (Phi) is 3.15. The van der Waals surface area contributed by atoms with Crippen molar-refractivity contribution in [2.75, 3.05) is 18.0 Å². The number of rotatable bonds is 2. The van der Waals surface area contributed by atoms with Gasteiger partial charge >= 0.3 is 0 Å². The molecule has 0 saturated carbocycles. The molecule has 1 saturated heterocycles. The second-order valence-electron chi connectivity index (χ2n) is 4.74. The van der Waals surface area contributed by atoms with Crippen LogP contribution in [-0.2, 0) is 0 Å². The highest BCUT2D eigenvalue weighted by molar-refractivity contribution is 5.66. The predicted molar refractivity (Wildman–Crippen MR) is 72.6 cm³/mol. The first-order valence-corrected chi connectivity index (χ1v) is 6.55. The van der Waals surface area contributed by atoms with Gasteiger partial charge in [-0.05, 0) is 31.4 Å². The zero-order valence-corrected chi connectivity index (χ0v) is 10.6. The molecule has 2 heterocycles. The molecule has 1 N–H and O–H groups in total. The van der Waals surface area contributed by atoms with Crippen molar-refractivity contribution < 1.29 is 0 Å². The monoisotopic (exact) mass is 253 g/mol. The zero-order chi connectivity index (χ0) is 13.1. The van der Waals surface area contributed by atoms with Crippen molar-refractivity contribution in [3.8, 4) is 17.3 Å². The van der Waals surface area contributed by atoms with Crippen LogP contribution in [0.4, 0.5) is 5.69 Å². The van der Waals surface area contributed by atoms with Crippen molar-refractivity contribution in [1.82, 2.24) is 15.4 Å². The molecule has 5 nitrogen and oxygen atoms in total. The minimum absolute atomic E-state index is 0.408. The van der Waals surface area contributed by atoms with Gasteiger partial charge in [0.25, 0.3) is 0 Å². The van der Waals surface area contributed by atoms with Crippen LogP contribution in [-0.4, -0.2) is 28.5 Å². The molecule has 1 fully saturated rings. The Morgan fingerprint density at radius 1 is 1.11 bits per heavy atom. The number of hydrogen-bond donors (Lipinski definition) is 1. The van der Waals surface area contributed by atoms with Crippen LogP contribution < -0.4 is 4.90 Å². The Balaban J connectivity index is 1.85. The van der Waals surface area contributed by atoms with Gasteiger partial charge in [0.05, 0.1) is 0 Å². The van der Waals surface area contributed by atoms with E-state index in [0.29, 0.717) is 11.4 Å². The summed E-state index contributed by atoms with van der Waals surface area (Å²) in [7, 11) is 0. The first kappa shape index (κ1) is 11.7. The molecule has 19 heavy (non-hydrogen) atoms. The number of H-pyrrole nitrogens is 1. The van der Waals surface area contributed by atoms with E-state index in [1.807, 2.05) is 12.1 Å². The van der Waals surface area contributed by atoms with Crippen molar-refractivity contribution >= 4 is 5.69 Å². The molecule has 0 radical (unpaired) electrons. The fourth-order valence-corrected chi connectivity index (χ4v) is 2.49. The Morgan fingerprint density at radius 2 is 1.84 bits per heavy atom.